The molecule has 1 saturated heterocycles. The summed E-state index contributed by atoms with van der Waals surface area (Å²) in [7, 11) is 0. The number of halogens is 1. The monoisotopic (exact) mass is 383 g/mol. The van der Waals surface area contributed by atoms with Crippen LogP contribution in [-0.4, -0.2) is 59.4 Å². The molecule has 7 nitrogen and oxygen atoms in total. The maximum atomic E-state index is 12.2. The first-order chi connectivity index (χ1) is 10.8. The Hall–Kier alpha value is -1.70. The average Bonchev–Trinajstić information content (AvgIpc) is 2.52. The Labute approximate surface area is 144 Å². The third-order valence-electron chi connectivity index (χ3n) is 3.60. The van der Waals surface area contributed by atoms with Crippen LogP contribution in [-0.2, 0) is 9.59 Å². The van der Waals surface area contributed by atoms with E-state index in [1.807, 2.05) is 25.7 Å². The van der Waals surface area contributed by atoms with Gasteiger partial charge in [-0.3, -0.25) is 9.59 Å². The average molecular weight is 384 g/mol. The number of rotatable bonds is 3. The van der Waals surface area contributed by atoms with E-state index in [1.165, 1.54) is 0 Å². The number of piperazine rings is 1. The highest BCUT2D eigenvalue weighted by Crippen LogP contribution is 2.14. The maximum absolute atomic E-state index is 12.2. The molecule has 0 saturated carbocycles. The molecule has 1 aromatic heterocycles. The summed E-state index contributed by atoms with van der Waals surface area (Å²) in [6.45, 7) is 8.08. The van der Waals surface area contributed by atoms with Crippen molar-refractivity contribution in [1.29, 1.82) is 0 Å². The third kappa shape index (κ3) is 4.89. The largest absolute Gasteiger partial charge is 0.347 e. The second kappa shape index (κ2) is 7.25. The van der Waals surface area contributed by atoms with E-state index in [0.717, 1.165) is 4.47 Å². The molecule has 2 rings (SSSR count). The first-order valence-corrected chi connectivity index (χ1v) is 8.35. The fraction of sp³-hybridized carbons (Fsp3) is 0.600. The van der Waals surface area contributed by atoms with Crippen LogP contribution in [0.2, 0.25) is 0 Å². The Balaban J connectivity index is 1.81. The number of nitrogens with zero attached hydrogens (tertiary/aromatic N) is 4. The summed E-state index contributed by atoms with van der Waals surface area (Å²) < 4.78 is 0.838. The Morgan fingerprint density at radius 3 is 2.26 bits per heavy atom. The molecule has 2 amide bonds. The zero-order valence-corrected chi connectivity index (χ0v) is 15.3. The van der Waals surface area contributed by atoms with Gasteiger partial charge in [0, 0.05) is 44.0 Å². The minimum absolute atomic E-state index is 0.0465. The van der Waals surface area contributed by atoms with Crippen LogP contribution in [0.5, 0.6) is 0 Å². The van der Waals surface area contributed by atoms with Crippen LogP contribution in [0.1, 0.15) is 20.8 Å². The fourth-order valence-corrected chi connectivity index (χ4v) is 2.36. The van der Waals surface area contributed by atoms with E-state index in [9.17, 15) is 9.59 Å². The van der Waals surface area contributed by atoms with Crippen molar-refractivity contribution in [3.05, 3.63) is 16.9 Å². The van der Waals surface area contributed by atoms with Crippen molar-refractivity contribution in [2.24, 2.45) is 5.41 Å². The molecule has 1 aliphatic heterocycles. The Morgan fingerprint density at radius 2 is 1.74 bits per heavy atom. The number of aromatic nitrogens is 2. The number of carbonyl (C=O) groups excluding carboxylic acids is 2. The molecule has 0 spiro atoms. The molecule has 1 aliphatic rings. The highest BCUT2D eigenvalue weighted by Gasteiger charge is 2.25. The van der Waals surface area contributed by atoms with Crippen LogP contribution < -0.4 is 10.2 Å². The lowest BCUT2D eigenvalue weighted by atomic mass is 9.96. The lowest BCUT2D eigenvalue weighted by molar-refractivity contribution is -0.135. The predicted molar refractivity (Wildman–Crippen MR) is 91.0 cm³/mol. The van der Waals surface area contributed by atoms with Gasteiger partial charge in [-0.2, -0.15) is 0 Å². The van der Waals surface area contributed by atoms with E-state index >= 15 is 0 Å². The van der Waals surface area contributed by atoms with E-state index in [0.29, 0.717) is 32.1 Å². The highest BCUT2D eigenvalue weighted by molar-refractivity contribution is 9.10. The summed E-state index contributed by atoms with van der Waals surface area (Å²) in [5.41, 5.74) is -0.488. The molecule has 0 aromatic carbocycles. The normalized spacial score (nSPS) is 15.5. The van der Waals surface area contributed by atoms with Gasteiger partial charge in [-0.25, -0.2) is 9.97 Å². The molecule has 1 N–H and O–H groups in total. The van der Waals surface area contributed by atoms with Crippen molar-refractivity contribution >= 4 is 33.7 Å². The zero-order chi connectivity index (χ0) is 17.0. The van der Waals surface area contributed by atoms with Crippen molar-refractivity contribution in [1.82, 2.24) is 20.2 Å². The van der Waals surface area contributed by atoms with Gasteiger partial charge in [-0.15, -0.1) is 0 Å². The number of hydrogen-bond acceptors (Lipinski definition) is 5. The summed E-state index contributed by atoms with van der Waals surface area (Å²) >= 11 is 3.31. The fourth-order valence-electron chi connectivity index (χ4n) is 2.16. The van der Waals surface area contributed by atoms with E-state index < -0.39 is 5.41 Å². The molecule has 0 bridgehead atoms. The van der Waals surface area contributed by atoms with Crippen molar-refractivity contribution in [3.63, 3.8) is 0 Å². The summed E-state index contributed by atoms with van der Waals surface area (Å²) in [6.07, 6.45) is 3.42. The molecule has 0 aliphatic carbocycles. The van der Waals surface area contributed by atoms with Crippen LogP contribution in [0.15, 0.2) is 16.9 Å². The molecule has 0 atom stereocenters. The first kappa shape index (κ1) is 17.7. The van der Waals surface area contributed by atoms with E-state index in [-0.39, 0.29) is 18.4 Å². The van der Waals surface area contributed by atoms with Gasteiger partial charge in [-0.1, -0.05) is 20.8 Å². The van der Waals surface area contributed by atoms with Gasteiger partial charge in [0.1, 0.15) is 0 Å². The smallest absolute Gasteiger partial charge is 0.242 e. The molecule has 0 unspecified atom stereocenters. The summed E-state index contributed by atoms with van der Waals surface area (Å²) in [6, 6.07) is 0. The Morgan fingerprint density at radius 1 is 1.17 bits per heavy atom. The lowest BCUT2D eigenvalue weighted by Crippen LogP contribution is -2.52. The third-order valence-corrected chi connectivity index (χ3v) is 4.01. The number of hydrogen-bond donors (Lipinski definition) is 1. The molecule has 8 heteroatoms. The maximum Gasteiger partial charge on any atom is 0.242 e. The number of amides is 2. The van der Waals surface area contributed by atoms with Crippen LogP contribution >= 0.6 is 15.9 Å². The Bertz CT molecular complexity index is 562. The second-order valence-electron chi connectivity index (χ2n) is 6.50. The second-order valence-corrected chi connectivity index (χ2v) is 7.42. The van der Waals surface area contributed by atoms with Crippen LogP contribution in [0.25, 0.3) is 0 Å². The van der Waals surface area contributed by atoms with E-state index in [4.69, 9.17) is 0 Å². The van der Waals surface area contributed by atoms with Gasteiger partial charge in [0.25, 0.3) is 0 Å². The molecule has 2 heterocycles. The summed E-state index contributed by atoms with van der Waals surface area (Å²) in [4.78, 5) is 36.3. The Kier molecular flexibility index (Phi) is 5.56. The van der Waals surface area contributed by atoms with Gasteiger partial charge in [0.05, 0.1) is 11.0 Å². The van der Waals surface area contributed by atoms with Gasteiger partial charge in [0.2, 0.25) is 17.8 Å². The molecule has 1 fully saturated rings. The number of anilines is 1. The van der Waals surface area contributed by atoms with E-state index in [1.54, 1.807) is 17.3 Å². The lowest BCUT2D eigenvalue weighted by Gasteiger charge is -2.34. The van der Waals surface area contributed by atoms with Crippen LogP contribution in [0, 0.1) is 5.41 Å². The SMILES string of the molecule is CC(C)(C)C(=O)NCC(=O)N1CCN(c2ncc(Br)cn2)CC1. The van der Waals surface area contributed by atoms with Crippen molar-refractivity contribution in [2.45, 2.75) is 20.8 Å². The standard InChI is InChI=1S/C15H22BrN5O2/c1-15(2,3)13(23)17-10-12(22)20-4-6-21(7-5-20)14-18-8-11(16)9-19-14/h8-9H,4-7,10H2,1-3H3,(H,17,23). The van der Waals surface area contributed by atoms with E-state index in [2.05, 4.69) is 31.2 Å². The summed E-state index contributed by atoms with van der Waals surface area (Å²) in [5.74, 6) is 0.494. The molecule has 1 aromatic rings. The molecular formula is C15H22BrN5O2. The topological polar surface area (TPSA) is 78.4 Å². The molecule has 126 valence electrons. The molecule has 0 radical (unpaired) electrons. The number of nitrogens with one attached hydrogen (secondary N) is 1. The minimum Gasteiger partial charge on any atom is -0.347 e. The van der Waals surface area contributed by atoms with Gasteiger partial charge in [0.15, 0.2) is 0 Å². The van der Waals surface area contributed by atoms with Crippen molar-refractivity contribution in [3.8, 4) is 0 Å². The van der Waals surface area contributed by atoms with Gasteiger partial charge in [-0.05, 0) is 15.9 Å². The highest BCUT2D eigenvalue weighted by atomic mass is 79.9. The van der Waals surface area contributed by atoms with Crippen LogP contribution in [0.4, 0.5) is 5.95 Å². The predicted octanol–water partition coefficient (Wildman–Crippen LogP) is 1.05. The zero-order valence-electron chi connectivity index (χ0n) is 13.7. The van der Waals surface area contributed by atoms with Gasteiger partial charge < -0.3 is 15.1 Å². The van der Waals surface area contributed by atoms with Crippen LogP contribution in [0.3, 0.4) is 0 Å². The van der Waals surface area contributed by atoms with Crippen molar-refractivity contribution < 1.29 is 9.59 Å². The first-order valence-electron chi connectivity index (χ1n) is 7.56. The molecular weight excluding hydrogens is 362 g/mol. The quantitative estimate of drug-likeness (QED) is 0.843. The van der Waals surface area contributed by atoms with Gasteiger partial charge >= 0.3 is 0 Å². The van der Waals surface area contributed by atoms with Crippen molar-refractivity contribution in [2.75, 3.05) is 37.6 Å². The number of carbonyl (C=O) groups is 2. The molecule has 23 heavy (non-hydrogen) atoms. The summed E-state index contributed by atoms with van der Waals surface area (Å²) in [5, 5.41) is 2.70. The minimum atomic E-state index is -0.488.